The molecule has 166 valence electrons. The highest BCUT2D eigenvalue weighted by atomic mass is 79.9. The second-order valence-electron chi connectivity index (χ2n) is 6.80. The fraction of sp³-hybridized carbons (Fsp3) is 0.333. The zero-order valence-corrected chi connectivity index (χ0v) is 19.0. The van der Waals surface area contributed by atoms with Crippen molar-refractivity contribution in [3.05, 3.63) is 66.4 Å². The zero-order chi connectivity index (χ0) is 22.2. The number of aliphatic hydroxyl groups is 1. The maximum absolute atomic E-state index is 12.8. The van der Waals surface area contributed by atoms with Gasteiger partial charge in [-0.05, 0) is 23.2 Å². The molecule has 2 aliphatic rings. The summed E-state index contributed by atoms with van der Waals surface area (Å²) in [7, 11) is -3.95. The van der Waals surface area contributed by atoms with E-state index in [0.29, 0.717) is 16.3 Å². The Balaban J connectivity index is 1.45. The maximum Gasteiger partial charge on any atom is 0.530 e. The molecule has 0 aliphatic carbocycles. The highest BCUT2D eigenvalue weighted by Gasteiger charge is 2.40. The van der Waals surface area contributed by atoms with Crippen molar-refractivity contribution in [1.82, 2.24) is 9.55 Å². The molecule has 10 nitrogen and oxygen atoms in total. The molecule has 13 heteroatoms. The van der Waals surface area contributed by atoms with Crippen molar-refractivity contribution in [1.29, 1.82) is 0 Å². The summed E-state index contributed by atoms with van der Waals surface area (Å²) in [5.41, 5.74) is -0.460. The second kappa shape index (κ2) is 9.03. The van der Waals surface area contributed by atoms with Crippen molar-refractivity contribution in [2.75, 3.05) is 6.61 Å². The maximum atomic E-state index is 12.8. The number of nitrogens with zero attached hydrogens (tertiary/aromatic N) is 1. The van der Waals surface area contributed by atoms with Crippen molar-refractivity contribution in [3.8, 4) is 5.75 Å². The van der Waals surface area contributed by atoms with E-state index in [1.165, 1.54) is 21.8 Å². The Hall–Kier alpha value is -1.72. The van der Waals surface area contributed by atoms with Crippen LogP contribution in [0.3, 0.4) is 0 Å². The Morgan fingerprint density at radius 3 is 3.00 bits per heavy atom. The minimum atomic E-state index is -3.95. The van der Waals surface area contributed by atoms with E-state index in [-0.39, 0.29) is 25.2 Å². The van der Waals surface area contributed by atoms with Gasteiger partial charge in [-0.25, -0.2) is 9.36 Å². The Bertz CT molecular complexity index is 1180. The van der Waals surface area contributed by atoms with Crippen LogP contribution >= 0.6 is 35.4 Å². The second-order valence-corrected chi connectivity index (χ2v) is 9.33. The van der Waals surface area contributed by atoms with Gasteiger partial charge in [-0.2, -0.15) is 0 Å². The molecule has 0 bridgehead atoms. The third-order valence-electron chi connectivity index (χ3n) is 4.80. The number of phosphoric acid groups is 1. The van der Waals surface area contributed by atoms with E-state index in [0.717, 1.165) is 0 Å². The highest BCUT2D eigenvalue weighted by Crippen LogP contribution is 2.55. The quantitative estimate of drug-likeness (QED) is 0.559. The van der Waals surface area contributed by atoms with E-state index in [4.69, 9.17) is 29.9 Å². The molecule has 4 atom stereocenters. The number of hydrogen-bond donors (Lipinski definition) is 2. The molecule has 0 amide bonds. The largest absolute Gasteiger partial charge is 0.530 e. The average molecular weight is 536 g/mol. The monoisotopic (exact) mass is 534 g/mol. The fourth-order valence-corrected chi connectivity index (χ4v) is 4.93. The van der Waals surface area contributed by atoms with Crippen molar-refractivity contribution in [3.63, 3.8) is 0 Å². The third kappa shape index (κ3) is 4.73. The van der Waals surface area contributed by atoms with E-state index >= 15 is 0 Å². The van der Waals surface area contributed by atoms with Crippen molar-refractivity contribution in [2.45, 2.75) is 31.5 Å². The van der Waals surface area contributed by atoms with Crippen LogP contribution in [0.2, 0.25) is 5.02 Å². The minimum absolute atomic E-state index is 0.0559. The van der Waals surface area contributed by atoms with Gasteiger partial charge in [-0.15, -0.1) is 0 Å². The Labute approximate surface area is 189 Å². The molecule has 1 aromatic heterocycles. The molecule has 0 spiro atoms. The molecule has 31 heavy (non-hydrogen) atoms. The molecule has 0 radical (unpaired) electrons. The van der Waals surface area contributed by atoms with Crippen molar-refractivity contribution < 1.29 is 28.0 Å². The summed E-state index contributed by atoms with van der Waals surface area (Å²) in [5.74, 6) is 0.292. The summed E-state index contributed by atoms with van der Waals surface area (Å²) >= 11 is 9.14. The fourth-order valence-electron chi connectivity index (χ4n) is 3.22. The van der Waals surface area contributed by atoms with Crippen molar-refractivity contribution in [2.24, 2.45) is 0 Å². The van der Waals surface area contributed by atoms with Crippen LogP contribution < -0.4 is 15.8 Å². The first-order valence-corrected chi connectivity index (χ1v) is 11.9. The third-order valence-corrected chi connectivity index (χ3v) is 6.75. The summed E-state index contributed by atoms with van der Waals surface area (Å²) in [4.78, 5) is 27.7. The zero-order valence-electron chi connectivity index (χ0n) is 15.8. The molecule has 0 saturated carbocycles. The molecular weight excluding hydrogens is 519 g/mol. The minimum Gasteiger partial charge on any atom is -0.404 e. The first-order chi connectivity index (χ1) is 14.8. The van der Waals surface area contributed by atoms with Crippen molar-refractivity contribution >= 4 is 41.4 Å². The van der Waals surface area contributed by atoms with Crippen LogP contribution in [0.4, 0.5) is 0 Å². The van der Waals surface area contributed by atoms with Gasteiger partial charge in [0, 0.05) is 23.2 Å². The van der Waals surface area contributed by atoms with Gasteiger partial charge in [0.1, 0.15) is 18.1 Å². The molecule has 3 heterocycles. The number of ether oxygens (including phenoxy) is 1. The molecule has 2 aromatic rings. The molecule has 4 rings (SSSR count). The number of fused-ring (bicyclic) bond motifs is 1. The summed E-state index contributed by atoms with van der Waals surface area (Å²) in [6, 6.07) is 4.90. The van der Waals surface area contributed by atoms with Gasteiger partial charge in [0.15, 0.2) is 0 Å². The number of aromatic amines is 1. The Morgan fingerprint density at radius 1 is 1.42 bits per heavy atom. The summed E-state index contributed by atoms with van der Waals surface area (Å²) < 4.78 is 35.6. The van der Waals surface area contributed by atoms with Gasteiger partial charge in [-0.1, -0.05) is 33.6 Å². The lowest BCUT2D eigenvalue weighted by Crippen LogP contribution is -2.33. The van der Waals surface area contributed by atoms with E-state index in [2.05, 4.69) is 20.9 Å². The van der Waals surface area contributed by atoms with E-state index in [1.54, 1.807) is 18.2 Å². The standard InChI is InChI=1S/C18H17BrClN2O8P/c19-5-4-10-7-22(18(25)21-17(10)24)16-6-13(23)15(29-16)9-28-31(26)27-8-11-12(20)2-1-3-14(11)30-31/h1-5,7,13,15-16,23H,6,8-9H2,(H,21,24,25)/b5-4+/t13-,15+,16+,31?/m0/s1. The number of phosphoric ester groups is 1. The molecule has 1 aromatic carbocycles. The average Bonchev–Trinajstić information content (AvgIpc) is 3.09. The van der Waals surface area contributed by atoms with E-state index in [1.807, 2.05) is 0 Å². The Morgan fingerprint density at radius 2 is 2.23 bits per heavy atom. The lowest BCUT2D eigenvalue weighted by Gasteiger charge is -2.26. The van der Waals surface area contributed by atoms with Gasteiger partial charge in [0.05, 0.1) is 24.9 Å². The first-order valence-electron chi connectivity index (χ1n) is 9.11. The number of halogens is 2. The Kier molecular flexibility index (Phi) is 6.55. The molecule has 2 aliphatic heterocycles. The summed E-state index contributed by atoms with van der Waals surface area (Å²) in [5, 5.41) is 10.8. The van der Waals surface area contributed by atoms with Crippen LogP contribution in [0.25, 0.3) is 6.08 Å². The number of hydrogen-bond acceptors (Lipinski definition) is 8. The predicted molar refractivity (Wildman–Crippen MR) is 114 cm³/mol. The number of nitrogens with one attached hydrogen (secondary N) is 1. The van der Waals surface area contributed by atoms with Gasteiger partial charge < -0.3 is 14.4 Å². The number of aliphatic hydroxyl groups excluding tert-OH is 1. The van der Waals surface area contributed by atoms with Crippen LogP contribution in [-0.2, 0) is 25.0 Å². The number of rotatable bonds is 5. The SMILES string of the molecule is O=c1[nH]c(=O)n([C@H]2C[C@H](O)[C@@H](COP3(=O)OCc4c(Cl)cccc4O3)O2)cc1/C=C/Br. The number of benzene rings is 1. The molecular formula is C18H17BrClN2O8P. The normalized spacial score (nSPS) is 27.9. The van der Waals surface area contributed by atoms with E-state index < -0.39 is 37.5 Å². The van der Waals surface area contributed by atoms with Gasteiger partial charge in [0.25, 0.3) is 5.56 Å². The predicted octanol–water partition coefficient (Wildman–Crippen LogP) is 2.94. The lowest BCUT2D eigenvalue weighted by molar-refractivity contribution is -0.0468. The van der Waals surface area contributed by atoms with Crippen LogP contribution in [0.15, 0.2) is 39.0 Å². The number of H-pyrrole nitrogens is 1. The van der Waals surface area contributed by atoms with Gasteiger partial charge in [-0.3, -0.25) is 23.4 Å². The summed E-state index contributed by atoms with van der Waals surface area (Å²) in [6.07, 6.45) is 0.0743. The first kappa shape index (κ1) is 22.5. The smallest absolute Gasteiger partial charge is 0.404 e. The summed E-state index contributed by atoms with van der Waals surface area (Å²) in [6.45, 7) is -0.364. The highest BCUT2D eigenvalue weighted by molar-refractivity contribution is 9.11. The molecule has 2 N–H and O–H groups in total. The van der Waals surface area contributed by atoms with Crippen LogP contribution in [0.1, 0.15) is 23.8 Å². The van der Waals surface area contributed by atoms with Gasteiger partial charge >= 0.3 is 13.5 Å². The molecule has 1 saturated heterocycles. The van der Waals surface area contributed by atoms with Gasteiger partial charge in [0.2, 0.25) is 0 Å². The lowest BCUT2D eigenvalue weighted by atomic mass is 10.2. The molecule has 1 fully saturated rings. The van der Waals surface area contributed by atoms with E-state index in [9.17, 15) is 19.3 Å². The topological polar surface area (TPSA) is 129 Å². The van der Waals surface area contributed by atoms with Crippen LogP contribution in [0.5, 0.6) is 5.75 Å². The van der Waals surface area contributed by atoms with Crippen LogP contribution in [0, 0.1) is 0 Å². The number of aromatic nitrogens is 2. The molecule has 1 unspecified atom stereocenters. The van der Waals surface area contributed by atoms with Crippen LogP contribution in [-0.4, -0.2) is 33.5 Å².